The minimum absolute atomic E-state index is 0.0247. The van der Waals surface area contributed by atoms with Gasteiger partial charge in [0.25, 0.3) is 0 Å². The summed E-state index contributed by atoms with van der Waals surface area (Å²) in [5.74, 6) is 0. The summed E-state index contributed by atoms with van der Waals surface area (Å²) < 4.78 is 11.3. The van der Waals surface area contributed by atoms with Gasteiger partial charge in [-0.05, 0) is 174 Å². The molecule has 8 aromatic carbocycles. The highest BCUT2D eigenvalue weighted by atomic mass is 32.1. The molecule has 3 nitrogen and oxygen atoms in total. The van der Waals surface area contributed by atoms with Crippen LogP contribution >= 0.6 is 22.7 Å². The van der Waals surface area contributed by atoms with Gasteiger partial charge < -0.3 is 14.6 Å². The topological polar surface area (TPSA) is 28.4 Å². The standard InChI is InChI=1S/C74H74BN2OS2/c1-69(2,3)43-24-27-45(28-25-43)76-65-48(30-29-47-50-37-53-55(40-60(50)79-67(47)65)73(11,12)34-32-71(53,7)8)62-64-58(39-51-46-22-18-19-23-59(46)78-66(51)62)77(57-31-26-44(70(4,5)6)36-49(57)42-20-16-15-17-21-42)68-63(75-64)52-38-54-56(41-61(52)80-68)74(13,14)35-33-72(54,9)10/h15-31,36-41,76H,32-35H2,1-14H3. The van der Waals surface area contributed by atoms with Crippen LogP contribution < -0.4 is 21.1 Å². The van der Waals surface area contributed by atoms with Crippen molar-refractivity contribution in [1.29, 1.82) is 0 Å². The minimum Gasteiger partial charge on any atom is -0.455 e. The molecule has 0 spiro atoms. The summed E-state index contributed by atoms with van der Waals surface area (Å²) in [4.78, 5) is 2.65. The Hall–Kier alpha value is -6.60. The smallest absolute Gasteiger partial charge is 0.200 e. The minimum atomic E-state index is -0.0560. The van der Waals surface area contributed by atoms with Gasteiger partial charge in [0, 0.05) is 59.0 Å². The lowest BCUT2D eigenvalue weighted by Gasteiger charge is -2.42. The Kier molecular flexibility index (Phi) is 11.3. The van der Waals surface area contributed by atoms with Crippen LogP contribution in [0, 0.1) is 0 Å². The van der Waals surface area contributed by atoms with Crippen molar-refractivity contribution in [2.75, 3.05) is 10.2 Å². The average molecular weight is 1080 g/mol. The zero-order valence-corrected chi connectivity index (χ0v) is 51.0. The normalized spacial score (nSPS) is 17.1. The second kappa shape index (κ2) is 17.5. The van der Waals surface area contributed by atoms with Gasteiger partial charge in [0.05, 0.1) is 21.1 Å². The van der Waals surface area contributed by atoms with E-state index in [4.69, 9.17) is 4.42 Å². The molecule has 3 aromatic heterocycles. The van der Waals surface area contributed by atoms with Gasteiger partial charge in [-0.3, -0.25) is 0 Å². The fourth-order valence-electron chi connectivity index (χ4n) is 13.9. The first-order valence-corrected chi connectivity index (χ1v) is 30.9. The van der Waals surface area contributed by atoms with E-state index in [0.717, 1.165) is 62.0 Å². The lowest BCUT2D eigenvalue weighted by Crippen LogP contribution is -2.40. The maximum absolute atomic E-state index is 7.36. The number of benzene rings is 8. The summed E-state index contributed by atoms with van der Waals surface area (Å²) in [7, 11) is 2.55. The zero-order chi connectivity index (χ0) is 55.8. The Morgan fingerprint density at radius 1 is 0.487 bits per heavy atom. The van der Waals surface area contributed by atoms with Crippen molar-refractivity contribution < 1.29 is 4.42 Å². The number of nitrogens with one attached hydrogen (secondary N) is 1. The summed E-state index contributed by atoms with van der Waals surface area (Å²) in [5.41, 5.74) is 22.2. The maximum Gasteiger partial charge on any atom is 0.200 e. The van der Waals surface area contributed by atoms with Crippen LogP contribution in [0.4, 0.5) is 27.8 Å². The first kappa shape index (κ1) is 51.5. The summed E-state index contributed by atoms with van der Waals surface area (Å²) in [6.45, 7) is 33.5. The second-order valence-electron chi connectivity index (χ2n) is 28.6. The number of furan rings is 1. The van der Waals surface area contributed by atoms with Crippen molar-refractivity contribution in [3.8, 4) is 22.3 Å². The third-order valence-electron chi connectivity index (χ3n) is 19.2. The van der Waals surface area contributed by atoms with E-state index < -0.39 is 0 Å². The molecule has 0 saturated heterocycles. The number of thiophene rings is 2. The molecule has 0 amide bonds. The molecule has 0 fully saturated rings. The number of para-hydroxylation sites is 1. The van der Waals surface area contributed by atoms with E-state index in [1.807, 2.05) is 22.7 Å². The van der Waals surface area contributed by atoms with Crippen molar-refractivity contribution in [2.45, 2.75) is 155 Å². The van der Waals surface area contributed by atoms with E-state index in [1.54, 1.807) is 0 Å². The van der Waals surface area contributed by atoms with Crippen LogP contribution in [0.25, 0.3) is 74.5 Å². The quantitative estimate of drug-likeness (QED) is 0.174. The number of hydrogen-bond donors (Lipinski definition) is 1. The number of rotatable bonds is 5. The summed E-state index contributed by atoms with van der Waals surface area (Å²) in [6.07, 6.45) is 4.68. The number of fused-ring (bicyclic) bond motifs is 12. The molecular formula is C74H74BN2OS2. The third kappa shape index (κ3) is 8.00. The molecule has 0 atom stereocenters. The van der Waals surface area contributed by atoms with Crippen LogP contribution in [-0.2, 0) is 32.5 Å². The van der Waals surface area contributed by atoms with E-state index in [9.17, 15) is 0 Å². The molecule has 11 aromatic rings. The molecule has 14 rings (SSSR count). The molecule has 80 heavy (non-hydrogen) atoms. The molecule has 0 bridgehead atoms. The molecule has 0 unspecified atom stereocenters. The molecule has 0 saturated carbocycles. The van der Waals surface area contributed by atoms with Crippen LogP contribution in [0.2, 0.25) is 0 Å². The summed E-state index contributed by atoms with van der Waals surface area (Å²) >= 11 is 3.89. The first-order chi connectivity index (χ1) is 37.9. The molecule has 401 valence electrons. The highest BCUT2D eigenvalue weighted by molar-refractivity contribution is 7.26. The van der Waals surface area contributed by atoms with Gasteiger partial charge in [0.15, 0.2) is 7.28 Å². The van der Waals surface area contributed by atoms with E-state index in [2.05, 4.69) is 254 Å². The summed E-state index contributed by atoms with van der Waals surface area (Å²) in [5, 5.41) is 11.6. The monoisotopic (exact) mass is 1080 g/mol. The molecular weight excluding hydrogens is 1010 g/mol. The lowest BCUT2D eigenvalue weighted by molar-refractivity contribution is 0.332. The predicted octanol–water partition coefficient (Wildman–Crippen LogP) is 21.0. The first-order valence-electron chi connectivity index (χ1n) is 29.2. The van der Waals surface area contributed by atoms with E-state index in [0.29, 0.717) is 0 Å². The Balaban J connectivity index is 1.11. The summed E-state index contributed by atoms with van der Waals surface area (Å²) in [6, 6.07) is 53.8. The lowest BCUT2D eigenvalue weighted by atomic mass is 9.57. The predicted molar refractivity (Wildman–Crippen MR) is 350 cm³/mol. The SMILES string of the molecule is CC(C)(C)c1ccc(Nc2c(-c3c4c(cc5c3oc3ccccc35)N(c3ccc(C(C)(C)C)cc3-c3ccccc3)c3sc5cc6c(cc5c3[B]4)C(C)(C)CCC6(C)C)ccc3c2sc2cc4c(cc23)C(C)(C)CCC4(C)C)cc1. The molecule has 6 heteroatoms. The van der Waals surface area contributed by atoms with Gasteiger partial charge >= 0.3 is 0 Å². The second-order valence-corrected chi connectivity index (χ2v) is 30.6. The van der Waals surface area contributed by atoms with Gasteiger partial charge in [0.2, 0.25) is 0 Å². The maximum atomic E-state index is 7.36. The van der Waals surface area contributed by atoms with Crippen LogP contribution in [0.5, 0.6) is 0 Å². The van der Waals surface area contributed by atoms with Crippen molar-refractivity contribution in [2.24, 2.45) is 0 Å². The van der Waals surface area contributed by atoms with Crippen LogP contribution in [-0.4, -0.2) is 7.28 Å². The van der Waals surface area contributed by atoms with Gasteiger partial charge in [-0.2, -0.15) is 0 Å². The molecule has 1 N–H and O–H groups in total. The Morgan fingerprint density at radius 3 is 1.70 bits per heavy atom. The Labute approximate surface area is 482 Å². The average Bonchev–Trinajstić information content (AvgIpc) is 4.29. The van der Waals surface area contributed by atoms with Crippen LogP contribution in [0.3, 0.4) is 0 Å². The van der Waals surface area contributed by atoms with Crippen molar-refractivity contribution in [1.82, 2.24) is 0 Å². The molecule has 1 radical (unpaired) electrons. The molecule has 3 aliphatic rings. The number of anilines is 5. The Bertz CT molecular complexity index is 4380. The highest BCUT2D eigenvalue weighted by Crippen LogP contribution is 2.55. The number of hydrogen-bond acceptors (Lipinski definition) is 5. The highest BCUT2D eigenvalue weighted by Gasteiger charge is 2.41. The van der Waals surface area contributed by atoms with Crippen molar-refractivity contribution in [3.05, 3.63) is 173 Å². The van der Waals surface area contributed by atoms with E-state index in [-0.39, 0.29) is 32.5 Å². The fourth-order valence-corrected chi connectivity index (χ4v) is 16.4. The number of nitrogens with zero attached hydrogens (tertiary/aromatic N) is 1. The van der Waals surface area contributed by atoms with E-state index in [1.165, 1.54) is 110 Å². The van der Waals surface area contributed by atoms with Crippen molar-refractivity contribution in [3.63, 3.8) is 0 Å². The Morgan fingerprint density at radius 2 is 1.06 bits per heavy atom. The van der Waals surface area contributed by atoms with Gasteiger partial charge in [-0.25, -0.2) is 0 Å². The fraction of sp³-hybridized carbons (Fsp3) is 0.324. The molecule has 4 heterocycles. The molecule has 1 aliphatic heterocycles. The zero-order valence-electron chi connectivity index (χ0n) is 49.4. The van der Waals surface area contributed by atoms with Gasteiger partial charge in [-0.15, -0.1) is 22.7 Å². The van der Waals surface area contributed by atoms with Crippen molar-refractivity contribution >= 4 is 121 Å². The van der Waals surface area contributed by atoms with Crippen LogP contribution in [0.15, 0.2) is 144 Å². The van der Waals surface area contributed by atoms with Gasteiger partial charge in [-0.1, -0.05) is 176 Å². The third-order valence-corrected chi connectivity index (χ3v) is 21.5. The van der Waals surface area contributed by atoms with E-state index >= 15 is 0 Å². The largest absolute Gasteiger partial charge is 0.455 e. The van der Waals surface area contributed by atoms with Crippen LogP contribution in [0.1, 0.15) is 156 Å². The molecule has 2 aliphatic carbocycles. The van der Waals surface area contributed by atoms with Gasteiger partial charge in [0.1, 0.15) is 11.2 Å².